The largest absolute Gasteiger partial charge is 0.493 e. The number of pyridine rings is 1. The fraction of sp³-hybridized carbons (Fsp3) is 0.214. The summed E-state index contributed by atoms with van der Waals surface area (Å²) in [5, 5.41) is 6.50. The minimum atomic E-state index is -0.304. The summed E-state index contributed by atoms with van der Waals surface area (Å²) < 4.78 is 16.9. The number of amides is 2. The van der Waals surface area contributed by atoms with E-state index < -0.39 is 0 Å². The van der Waals surface area contributed by atoms with Crippen LogP contribution in [0.15, 0.2) is 72.9 Å². The Hall–Kier alpha value is -4.26. The lowest BCUT2D eigenvalue weighted by Gasteiger charge is -2.13. The van der Waals surface area contributed by atoms with Gasteiger partial charge in [-0.05, 0) is 66.9 Å². The zero-order valence-corrected chi connectivity index (χ0v) is 20.1. The first-order chi connectivity index (χ1) is 17.1. The van der Waals surface area contributed by atoms with E-state index in [4.69, 9.17) is 14.2 Å². The van der Waals surface area contributed by atoms with Gasteiger partial charge in [0.05, 0.1) is 19.7 Å². The van der Waals surface area contributed by atoms with Gasteiger partial charge in [0.25, 0.3) is 0 Å². The number of nitrogens with one attached hydrogen (secondary N) is 2. The Bertz CT molecular complexity index is 1290. The predicted molar refractivity (Wildman–Crippen MR) is 139 cm³/mol. The standard InChI is InChI=1S/C28H29N3O4/c1-4-5-6-19-7-9-20(10-8-19)30-28(32)31-21-11-13-22(14-12-21)35-25-15-16-29-24-18-27(34-3)26(33-2)17-23(24)25/h7-18H,4-6H2,1-3H3,(H2,30,31,32). The number of rotatable bonds is 9. The van der Waals surface area contributed by atoms with Crippen LogP contribution in [0.5, 0.6) is 23.0 Å². The van der Waals surface area contributed by atoms with Crippen LogP contribution in [0.3, 0.4) is 0 Å². The van der Waals surface area contributed by atoms with Crippen molar-refractivity contribution in [3.8, 4) is 23.0 Å². The topological polar surface area (TPSA) is 81.7 Å². The molecule has 4 rings (SSSR count). The van der Waals surface area contributed by atoms with Gasteiger partial charge in [-0.2, -0.15) is 0 Å². The molecule has 0 atom stereocenters. The Morgan fingerprint density at radius 2 is 1.46 bits per heavy atom. The van der Waals surface area contributed by atoms with Crippen molar-refractivity contribution >= 4 is 28.3 Å². The summed E-state index contributed by atoms with van der Waals surface area (Å²) in [5.41, 5.74) is 3.40. The molecule has 0 radical (unpaired) electrons. The number of unbranched alkanes of at least 4 members (excludes halogenated alkanes) is 1. The van der Waals surface area contributed by atoms with Crippen molar-refractivity contribution in [1.82, 2.24) is 4.98 Å². The summed E-state index contributed by atoms with van der Waals surface area (Å²) in [6.45, 7) is 2.18. The molecule has 0 spiro atoms. The second-order valence-corrected chi connectivity index (χ2v) is 8.04. The van der Waals surface area contributed by atoms with E-state index in [1.165, 1.54) is 5.56 Å². The Morgan fingerprint density at radius 1 is 0.829 bits per heavy atom. The third-order valence-electron chi connectivity index (χ3n) is 5.58. The summed E-state index contributed by atoms with van der Waals surface area (Å²) in [4.78, 5) is 16.8. The Labute approximate surface area is 205 Å². The third kappa shape index (κ3) is 6.00. The number of urea groups is 1. The van der Waals surface area contributed by atoms with E-state index >= 15 is 0 Å². The van der Waals surface area contributed by atoms with Crippen LogP contribution >= 0.6 is 0 Å². The lowest BCUT2D eigenvalue weighted by atomic mass is 10.1. The molecule has 0 aliphatic rings. The van der Waals surface area contributed by atoms with Crippen LogP contribution in [-0.4, -0.2) is 25.2 Å². The van der Waals surface area contributed by atoms with Gasteiger partial charge < -0.3 is 24.8 Å². The second kappa shape index (κ2) is 11.2. The lowest BCUT2D eigenvalue weighted by molar-refractivity contribution is 0.262. The van der Waals surface area contributed by atoms with Gasteiger partial charge >= 0.3 is 6.03 Å². The van der Waals surface area contributed by atoms with Crippen LogP contribution in [0.4, 0.5) is 16.2 Å². The highest BCUT2D eigenvalue weighted by molar-refractivity contribution is 5.99. The van der Waals surface area contributed by atoms with Crippen molar-refractivity contribution in [2.75, 3.05) is 24.9 Å². The number of carbonyl (C=O) groups is 1. The molecular formula is C28H29N3O4. The van der Waals surface area contributed by atoms with Gasteiger partial charge in [-0.3, -0.25) is 4.98 Å². The van der Waals surface area contributed by atoms with Crippen LogP contribution in [0.1, 0.15) is 25.3 Å². The molecule has 0 aliphatic heterocycles. The van der Waals surface area contributed by atoms with Crippen molar-refractivity contribution in [2.45, 2.75) is 26.2 Å². The zero-order valence-electron chi connectivity index (χ0n) is 20.1. The van der Waals surface area contributed by atoms with Gasteiger partial charge in [0.2, 0.25) is 0 Å². The number of hydrogen-bond acceptors (Lipinski definition) is 5. The average Bonchev–Trinajstić information content (AvgIpc) is 2.88. The number of fused-ring (bicyclic) bond motifs is 1. The number of carbonyl (C=O) groups excluding carboxylic acids is 1. The van der Waals surface area contributed by atoms with Gasteiger partial charge in [-0.25, -0.2) is 4.79 Å². The highest BCUT2D eigenvalue weighted by Gasteiger charge is 2.11. The Morgan fingerprint density at radius 3 is 2.09 bits per heavy atom. The van der Waals surface area contributed by atoms with Gasteiger partial charge in [-0.15, -0.1) is 0 Å². The second-order valence-electron chi connectivity index (χ2n) is 8.04. The van der Waals surface area contributed by atoms with Gasteiger partial charge in [-0.1, -0.05) is 25.5 Å². The van der Waals surface area contributed by atoms with E-state index in [1.807, 2.05) is 36.4 Å². The average molecular weight is 472 g/mol. The highest BCUT2D eigenvalue weighted by atomic mass is 16.5. The van der Waals surface area contributed by atoms with Crippen LogP contribution in [-0.2, 0) is 6.42 Å². The summed E-state index contributed by atoms with van der Waals surface area (Å²) in [6, 6.07) is 20.2. The van der Waals surface area contributed by atoms with Crippen molar-refractivity contribution in [2.24, 2.45) is 0 Å². The minimum Gasteiger partial charge on any atom is -0.493 e. The number of methoxy groups -OCH3 is 2. The van der Waals surface area contributed by atoms with Crippen LogP contribution in [0.2, 0.25) is 0 Å². The Kier molecular flexibility index (Phi) is 7.67. The number of aromatic nitrogens is 1. The van der Waals surface area contributed by atoms with E-state index in [9.17, 15) is 4.79 Å². The molecule has 3 aromatic carbocycles. The molecule has 7 nitrogen and oxygen atoms in total. The molecule has 4 aromatic rings. The monoisotopic (exact) mass is 471 g/mol. The molecule has 180 valence electrons. The van der Waals surface area contributed by atoms with Crippen molar-refractivity contribution in [3.05, 3.63) is 78.5 Å². The molecule has 2 N–H and O–H groups in total. The summed E-state index contributed by atoms with van der Waals surface area (Å²) in [6.07, 6.45) is 5.05. The van der Waals surface area contributed by atoms with Gasteiger partial charge in [0.15, 0.2) is 11.5 Å². The van der Waals surface area contributed by atoms with E-state index in [0.717, 1.165) is 35.9 Å². The maximum atomic E-state index is 12.4. The first kappa shape index (κ1) is 23.9. The quantitative estimate of drug-likeness (QED) is 0.274. The number of benzene rings is 3. The number of nitrogens with zero attached hydrogens (tertiary/aromatic N) is 1. The molecule has 1 aromatic heterocycles. The van der Waals surface area contributed by atoms with Crippen LogP contribution < -0.4 is 24.8 Å². The Balaban J connectivity index is 1.40. The number of hydrogen-bond donors (Lipinski definition) is 2. The van der Waals surface area contributed by atoms with E-state index in [0.29, 0.717) is 28.7 Å². The molecule has 0 saturated heterocycles. The molecule has 0 bridgehead atoms. The molecule has 35 heavy (non-hydrogen) atoms. The number of aryl methyl sites for hydroxylation is 1. The summed E-state index contributed by atoms with van der Waals surface area (Å²) in [7, 11) is 3.18. The predicted octanol–water partition coefficient (Wildman–Crippen LogP) is 7.03. The fourth-order valence-electron chi connectivity index (χ4n) is 3.70. The van der Waals surface area contributed by atoms with Gasteiger partial charge in [0.1, 0.15) is 11.5 Å². The molecule has 1 heterocycles. The molecule has 0 unspecified atom stereocenters. The van der Waals surface area contributed by atoms with Crippen molar-refractivity contribution < 1.29 is 19.0 Å². The molecular weight excluding hydrogens is 442 g/mol. The first-order valence-corrected chi connectivity index (χ1v) is 11.5. The van der Waals surface area contributed by atoms with Crippen LogP contribution in [0.25, 0.3) is 10.9 Å². The fourth-order valence-corrected chi connectivity index (χ4v) is 3.70. The number of anilines is 2. The molecule has 0 fully saturated rings. The molecule has 2 amide bonds. The first-order valence-electron chi connectivity index (χ1n) is 11.5. The van der Waals surface area contributed by atoms with Crippen molar-refractivity contribution in [1.29, 1.82) is 0 Å². The number of ether oxygens (including phenoxy) is 3. The highest BCUT2D eigenvalue weighted by Crippen LogP contribution is 2.37. The molecule has 7 heteroatoms. The van der Waals surface area contributed by atoms with E-state index in [1.54, 1.807) is 50.7 Å². The maximum absolute atomic E-state index is 12.4. The summed E-state index contributed by atoms with van der Waals surface area (Å²) in [5.74, 6) is 2.46. The zero-order chi connectivity index (χ0) is 24.6. The molecule has 0 aliphatic carbocycles. The normalized spacial score (nSPS) is 10.6. The minimum absolute atomic E-state index is 0.304. The van der Waals surface area contributed by atoms with Gasteiger partial charge in [0, 0.05) is 29.0 Å². The van der Waals surface area contributed by atoms with E-state index in [2.05, 4.69) is 22.5 Å². The lowest BCUT2D eigenvalue weighted by Crippen LogP contribution is -2.19. The summed E-state index contributed by atoms with van der Waals surface area (Å²) >= 11 is 0. The van der Waals surface area contributed by atoms with E-state index in [-0.39, 0.29) is 6.03 Å². The molecule has 0 saturated carbocycles. The third-order valence-corrected chi connectivity index (χ3v) is 5.58. The van der Waals surface area contributed by atoms with Crippen LogP contribution in [0, 0.1) is 0 Å². The van der Waals surface area contributed by atoms with Crippen molar-refractivity contribution in [3.63, 3.8) is 0 Å². The maximum Gasteiger partial charge on any atom is 0.323 e. The smallest absolute Gasteiger partial charge is 0.323 e. The SMILES string of the molecule is CCCCc1ccc(NC(=O)Nc2ccc(Oc3ccnc4cc(OC)c(OC)cc34)cc2)cc1.